The van der Waals surface area contributed by atoms with E-state index in [0.29, 0.717) is 6.47 Å². The van der Waals surface area contributed by atoms with Crippen LogP contribution in [0.5, 0.6) is 0 Å². The van der Waals surface area contributed by atoms with E-state index >= 15 is 0 Å². The van der Waals surface area contributed by atoms with Crippen molar-refractivity contribution in [2.45, 2.75) is 25.9 Å². The van der Waals surface area contributed by atoms with E-state index in [1.54, 1.807) is 12.4 Å². The van der Waals surface area contributed by atoms with Crippen molar-refractivity contribution >= 4 is 6.47 Å². The number of carbonyl (C=O) groups is 1. The minimum absolute atomic E-state index is 0.0277. The van der Waals surface area contributed by atoms with Crippen molar-refractivity contribution in [2.75, 3.05) is 0 Å². The summed E-state index contributed by atoms with van der Waals surface area (Å²) in [7, 11) is 0. The number of ether oxygens (including phenoxy) is 1. The van der Waals surface area contributed by atoms with Crippen molar-refractivity contribution < 1.29 is 9.53 Å². The molecule has 0 aliphatic carbocycles. The summed E-state index contributed by atoms with van der Waals surface area (Å²) < 4.78 is 4.84. The van der Waals surface area contributed by atoms with E-state index in [2.05, 4.69) is 10.2 Å². The van der Waals surface area contributed by atoms with Gasteiger partial charge in [-0.15, -0.1) is 0 Å². The van der Waals surface area contributed by atoms with Gasteiger partial charge in [-0.25, -0.2) is 0 Å². The number of hydrogen-bond donors (Lipinski definition) is 1. The first-order chi connectivity index (χ1) is 5.86. The number of aromatic nitrogens is 2. The van der Waals surface area contributed by atoms with Crippen molar-refractivity contribution in [2.24, 2.45) is 0 Å². The highest BCUT2D eigenvalue weighted by molar-refractivity contribution is 5.37. The summed E-state index contributed by atoms with van der Waals surface area (Å²) in [4.78, 5) is 10.1. The second-order valence-corrected chi connectivity index (χ2v) is 2.57. The lowest BCUT2D eigenvalue weighted by Gasteiger charge is -2.10. The molecule has 1 aromatic heterocycles. The van der Waals surface area contributed by atoms with Gasteiger partial charge in [-0.05, 0) is 12.0 Å². The highest BCUT2D eigenvalue weighted by atomic mass is 16.5. The first-order valence-electron chi connectivity index (χ1n) is 3.93. The van der Waals surface area contributed by atoms with Gasteiger partial charge in [-0.1, -0.05) is 6.92 Å². The SMILES string of the molecule is CCC(Cc1cn[nH]c1)OC=O. The van der Waals surface area contributed by atoms with E-state index in [-0.39, 0.29) is 6.10 Å². The molecule has 0 amide bonds. The summed E-state index contributed by atoms with van der Waals surface area (Å²) in [5.41, 5.74) is 1.06. The Morgan fingerprint density at radius 3 is 3.17 bits per heavy atom. The molecule has 1 atom stereocenters. The molecule has 0 radical (unpaired) electrons. The lowest BCUT2D eigenvalue weighted by Crippen LogP contribution is -2.13. The third-order valence-corrected chi connectivity index (χ3v) is 1.72. The van der Waals surface area contributed by atoms with Crippen molar-refractivity contribution in [3.63, 3.8) is 0 Å². The summed E-state index contributed by atoms with van der Waals surface area (Å²) >= 11 is 0. The Kier molecular flexibility index (Phi) is 3.32. The van der Waals surface area contributed by atoms with Gasteiger partial charge in [0.2, 0.25) is 0 Å². The predicted octanol–water partition coefficient (Wildman–Crippen LogP) is 0.904. The van der Waals surface area contributed by atoms with E-state index in [4.69, 9.17) is 4.74 Å². The third kappa shape index (κ3) is 2.38. The van der Waals surface area contributed by atoms with Crippen LogP contribution in [-0.4, -0.2) is 22.8 Å². The minimum atomic E-state index is -0.0277. The fourth-order valence-corrected chi connectivity index (χ4v) is 1.02. The summed E-state index contributed by atoms with van der Waals surface area (Å²) in [5.74, 6) is 0. The summed E-state index contributed by atoms with van der Waals surface area (Å²) in [6, 6.07) is 0. The van der Waals surface area contributed by atoms with Gasteiger partial charge >= 0.3 is 0 Å². The Labute approximate surface area is 70.9 Å². The molecule has 66 valence electrons. The van der Waals surface area contributed by atoms with Crippen LogP contribution in [0.15, 0.2) is 12.4 Å². The highest BCUT2D eigenvalue weighted by Gasteiger charge is 2.07. The van der Waals surface area contributed by atoms with Gasteiger partial charge in [0, 0.05) is 12.6 Å². The molecule has 1 unspecified atom stereocenters. The van der Waals surface area contributed by atoms with Crippen LogP contribution in [0.3, 0.4) is 0 Å². The van der Waals surface area contributed by atoms with Crippen LogP contribution < -0.4 is 0 Å². The molecule has 0 aromatic carbocycles. The largest absolute Gasteiger partial charge is 0.464 e. The van der Waals surface area contributed by atoms with Gasteiger partial charge < -0.3 is 4.74 Å². The fourth-order valence-electron chi connectivity index (χ4n) is 1.02. The number of nitrogens with one attached hydrogen (secondary N) is 1. The van der Waals surface area contributed by atoms with Gasteiger partial charge in [-0.3, -0.25) is 9.89 Å². The lowest BCUT2D eigenvalue weighted by molar-refractivity contribution is -0.133. The second kappa shape index (κ2) is 4.54. The van der Waals surface area contributed by atoms with Crippen LogP contribution in [0.1, 0.15) is 18.9 Å². The Hall–Kier alpha value is -1.32. The third-order valence-electron chi connectivity index (χ3n) is 1.72. The highest BCUT2D eigenvalue weighted by Crippen LogP contribution is 2.05. The fraction of sp³-hybridized carbons (Fsp3) is 0.500. The molecule has 1 rings (SSSR count). The molecule has 0 aliphatic heterocycles. The van der Waals surface area contributed by atoms with E-state index in [1.807, 2.05) is 6.92 Å². The zero-order valence-electron chi connectivity index (χ0n) is 6.99. The molecule has 4 heteroatoms. The number of rotatable bonds is 5. The Balaban J connectivity index is 2.42. The molecular formula is C8H12N2O2. The Bertz CT molecular complexity index is 221. The number of H-pyrrole nitrogens is 1. The number of aromatic amines is 1. The topological polar surface area (TPSA) is 55.0 Å². The summed E-state index contributed by atoms with van der Waals surface area (Å²) in [6.45, 7) is 2.47. The Morgan fingerprint density at radius 2 is 2.67 bits per heavy atom. The van der Waals surface area contributed by atoms with Gasteiger partial charge in [0.05, 0.1) is 6.20 Å². The maximum absolute atomic E-state index is 10.1. The standard InChI is InChI=1S/C8H12N2O2/c1-2-8(12-6-11)3-7-4-9-10-5-7/h4-6,8H,2-3H2,1H3,(H,9,10). The first-order valence-corrected chi connectivity index (χ1v) is 3.93. The molecule has 0 fully saturated rings. The van der Waals surface area contributed by atoms with Crippen molar-refractivity contribution in [1.82, 2.24) is 10.2 Å². The quantitative estimate of drug-likeness (QED) is 0.665. The molecule has 0 bridgehead atoms. The van der Waals surface area contributed by atoms with Crippen molar-refractivity contribution in [3.05, 3.63) is 18.0 Å². The van der Waals surface area contributed by atoms with Crippen molar-refractivity contribution in [1.29, 1.82) is 0 Å². The van der Waals surface area contributed by atoms with Crippen LogP contribution in [0.2, 0.25) is 0 Å². The van der Waals surface area contributed by atoms with Crippen LogP contribution in [0, 0.1) is 0 Å². The van der Waals surface area contributed by atoms with Gasteiger partial charge in [-0.2, -0.15) is 5.10 Å². The smallest absolute Gasteiger partial charge is 0.293 e. The first kappa shape index (κ1) is 8.77. The molecule has 12 heavy (non-hydrogen) atoms. The Morgan fingerprint density at radius 1 is 1.83 bits per heavy atom. The normalized spacial score (nSPS) is 12.4. The zero-order valence-corrected chi connectivity index (χ0v) is 6.99. The predicted molar refractivity (Wildman–Crippen MR) is 43.5 cm³/mol. The van der Waals surface area contributed by atoms with Crippen LogP contribution in [-0.2, 0) is 16.0 Å². The zero-order chi connectivity index (χ0) is 8.81. The molecule has 0 aliphatic rings. The van der Waals surface area contributed by atoms with Gasteiger partial charge in [0.15, 0.2) is 0 Å². The monoisotopic (exact) mass is 168 g/mol. The summed E-state index contributed by atoms with van der Waals surface area (Å²) in [5, 5.41) is 6.51. The van der Waals surface area contributed by atoms with E-state index < -0.39 is 0 Å². The van der Waals surface area contributed by atoms with Gasteiger partial charge in [0.25, 0.3) is 6.47 Å². The molecule has 1 heterocycles. The van der Waals surface area contributed by atoms with Crippen LogP contribution >= 0.6 is 0 Å². The van der Waals surface area contributed by atoms with E-state index in [0.717, 1.165) is 18.4 Å². The maximum atomic E-state index is 10.1. The summed E-state index contributed by atoms with van der Waals surface area (Å²) in [6.07, 6.45) is 5.06. The molecule has 0 saturated heterocycles. The molecule has 1 N–H and O–H groups in total. The van der Waals surface area contributed by atoms with E-state index in [1.165, 1.54) is 0 Å². The minimum Gasteiger partial charge on any atom is -0.464 e. The van der Waals surface area contributed by atoms with Crippen LogP contribution in [0.25, 0.3) is 0 Å². The van der Waals surface area contributed by atoms with E-state index in [9.17, 15) is 4.79 Å². The van der Waals surface area contributed by atoms with Crippen LogP contribution in [0.4, 0.5) is 0 Å². The molecule has 4 nitrogen and oxygen atoms in total. The number of hydrogen-bond acceptors (Lipinski definition) is 3. The maximum Gasteiger partial charge on any atom is 0.293 e. The molecule has 0 saturated carbocycles. The molecular weight excluding hydrogens is 156 g/mol. The van der Waals surface area contributed by atoms with Crippen molar-refractivity contribution in [3.8, 4) is 0 Å². The second-order valence-electron chi connectivity index (χ2n) is 2.57. The van der Waals surface area contributed by atoms with Gasteiger partial charge in [0.1, 0.15) is 6.10 Å². The lowest BCUT2D eigenvalue weighted by atomic mass is 10.1. The average molecular weight is 168 g/mol. The molecule has 0 spiro atoms. The average Bonchev–Trinajstić information content (AvgIpc) is 2.56. The number of carbonyl (C=O) groups excluding carboxylic acids is 1. The molecule has 1 aromatic rings. The number of nitrogens with zero attached hydrogens (tertiary/aromatic N) is 1.